The largest absolute Gasteiger partial charge is 0.0818 e. The molecule has 0 atom stereocenters. The molecule has 0 spiro atoms. The summed E-state index contributed by atoms with van der Waals surface area (Å²) in [5.41, 5.74) is 0. The summed E-state index contributed by atoms with van der Waals surface area (Å²) in [6.45, 7) is 2.08. The molecule has 1 rings (SSSR count). The zero-order valence-corrected chi connectivity index (χ0v) is 6.46. The van der Waals surface area contributed by atoms with Crippen LogP contribution in [0, 0.1) is 0 Å². The Morgan fingerprint density at radius 3 is 2.11 bits per heavy atom. The van der Waals surface area contributed by atoms with Gasteiger partial charge in [-0.25, -0.2) is 0 Å². The molecule has 0 aromatic heterocycles. The normalized spacial score (nSPS) is 9.00. The zero-order chi connectivity index (χ0) is 6.69. The molecule has 0 amide bonds. The second kappa shape index (κ2) is 2.74. The molecule has 0 aliphatic carbocycles. The molecule has 0 saturated heterocycles. The Morgan fingerprint density at radius 2 is 1.78 bits per heavy atom. The minimum atomic E-state index is -0.712. The summed E-state index contributed by atoms with van der Waals surface area (Å²) >= 11 is 0. The summed E-state index contributed by atoms with van der Waals surface area (Å²) in [6, 6.07) is 10.2. The van der Waals surface area contributed by atoms with Crippen LogP contribution in [0.15, 0.2) is 30.3 Å². The predicted molar refractivity (Wildman–Crippen MR) is 43.8 cm³/mol. The van der Waals surface area contributed by atoms with E-state index in [-0.39, 0.29) is 0 Å². The van der Waals surface area contributed by atoms with Crippen LogP contribution >= 0.6 is 0 Å². The Hall–Kier alpha value is -0.693. The van der Waals surface area contributed by atoms with E-state index < -0.39 is 8.41 Å². The van der Waals surface area contributed by atoms with Crippen molar-refractivity contribution < 1.29 is 0 Å². The Kier molecular flexibility index (Phi) is 1.95. The Morgan fingerprint density at radius 1 is 1.22 bits per heavy atom. The first-order valence-electron chi connectivity index (χ1n) is 2.95. The van der Waals surface area contributed by atoms with Gasteiger partial charge in [0.2, 0.25) is 0 Å². The van der Waals surface area contributed by atoms with Gasteiger partial charge in [-0.2, -0.15) is 0 Å². The molecule has 1 aromatic rings. The van der Waals surface area contributed by atoms with Crippen LogP contribution in [0.5, 0.6) is 0 Å². The van der Waals surface area contributed by atoms with Crippen molar-refractivity contribution in [1.82, 2.24) is 0 Å². The lowest BCUT2D eigenvalue weighted by Crippen LogP contribution is -2.15. The molecule has 1 aromatic carbocycles. The molecule has 9 heavy (non-hydrogen) atoms. The number of hydrogen-bond donors (Lipinski definition) is 0. The van der Waals surface area contributed by atoms with Gasteiger partial charge in [0.05, 0.1) is 0 Å². The van der Waals surface area contributed by atoms with Crippen molar-refractivity contribution >= 4 is 19.8 Å². The van der Waals surface area contributed by atoms with Crippen LogP contribution in [0.2, 0.25) is 6.55 Å². The average molecular weight is 133 g/mol. The van der Waals surface area contributed by atoms with Crippen LogP contribution in [-0.4, -0.2) is 14.6 Å². The van der Waals surface area contributed by atoms with Gasteiger partial charge in [-0.05, 0) is 5.19 Å². The third-order valence-corrected chi connectivity index (χ3v) is 2.47. The second-order valence-corrected chi connectivity index (χ2v) is 3.99. The average Bonchev–Trinajstić information content (AvgIpc) is 1.90. The lowest BCUT2D eigenvalue weighted by atomic mass is 10.4. The lowest BCUT2D eigenvalue weighted by Gasteiger charge is -1.93. The minimum Gasteiger partial charge on any atom is -0.0818 e. The van der Waals surface area contributed by atoms with E-state index >= 15 is 0 Å². The Bertz CT molecular complexity index is 201. The third kappa shape index (κ3) is 1.61. The molecular formula is C8H9Si. The van der Waals surface area contributed by atoms with Gasteiger partial charge in [0, 0.05) is 8.41 Å². The van der Waals surface area contributed by atoms with Crippen molar-refractivity contribution in [1.29, 1.82) is 0 Å². The Balaban J connectivity index is 2.98. The molecule has 1 radical (unpaired) electrons. The molecule has 0 aliphatic rings. The van der Waals surface area contributed by atoms with Crippen LogP contribution in [-0.2, 0) is 0 Å². The van der Waals surface area contributed by atoms with E-state index in [2.05, 4.69) is 18.7 Å². The van der Waals surface area contributed by atoms with Crippen LogP contribution in [0.1, 0.15) is 0 Å². The second-order valence-electron chi connectivity index (χ2n) is 2.05. The van der Waals surface area contributed by atoms with E-state index in [4.69, 9.17) is 6.17 Å². The smallest absolute Gasteiger partial charge is 0.0421 e. The summed E-state index contributed by atoms with van der Waals surface area (Å²) in [4.78, 5) is 0. The van der Waals surface area contributed by atoms with Gasteiger partial charge >= 0.3 is 0 Å². The predicted octanol–water partition coefficient (Wildman–Crippen LogP) is 0.909. The number of hydrogen-bond acceptors (Lipinski definition) is 0. The molecule has 0 saturated carbocycles. The highest BCUT2D eigenvalue weighted by Gasteiger charge is 1.87. The van der Waals surface area contributed by atoms with Gasteiger partial charge in [-0.1, -0.05) is 43.1 Å². The van der Waals surface area contributed by atoms with E-state index in [1.165, 1.54) is 5.19 Å². The van der Waals surface area contributed by atoms with E-state index in [0.717, 1.165) is 0 Å². The standard InChI is InChI=1S/C8H9Si/c1-9(2)8-6-4-3-5-7-8/h1,3-7H,2H3. The summed E-state index contributed by atoms with van der Waals surface area (Å²) in [5.74, 6) is 0. The van der Waals surface area contributed by atoms with Crippen LogP contribution < -0.4 is 5.19 Å². The summed E-state index contributed by atoms with van der Waals surface area (Å²) in [6.07, 6.45) is 5.72. The first kappa shape index (κ1) is 6.43. The third-order valence-electron chi connectivity index (χ3n) is 1.23. The van der Waals surface area contributed by atoms with Crippen molar-refractivity contribution in [3.8, 4) is 0 Å². The van der Waals surface area contributed by atoms with Crippen molar-refractivity contribution in [2.24, 2.45) is 0 Å². The summed E-state index contributed by atoms with van der Waals surface area (Å²) in [5, 5.41) is 1.29. The molecule has 0 aliphatic heterocycles. The van der Waals surface area contributed by atoms with E-state index in [1.807, 2.05) is 18.2 Å². The highest BCUT2D eigenvalue weighted by Crippen LogP contribution is 1.81. The van der Waals surface area contributed by atoms with Crippen molar-refractivity contribution in [3.05, 3.63) is 30.3 Å². The highest BCUT2D eigenvalue weighted by molar-refractivity contribution is 6.73. The molecule has 0 N–H and O–H groups in total. The highest BCUT2D eigenvalue weighted by atomic mass is 28.2. The summed E-state index contributed by atoms with van der Waals surface area (Å²) < 4.78 is 0. The van der Waals surface area contributed by atoms with Crippen LogP contribution in [0.25, 0.3) is 0 Å². The first-order chi connectivity index (χ1) is 4.30. The maximum atomic E-state index is 5.72. The molecular weight excluding hydrogens is 124 g/mol. The monoisotopic (exact) mass is 133 g/mol. The molecule has 45 valence electrons. The fourth-order valence-electron chi connectivity index (χ4n) is 0.701. The van der Waals surface area contributed by atoms with Gasteiger partial charge in [-0.15, -0.1) is 0 Å². The zero-order valence-electron chi connectivity index (χ0n) is 5.46. The fourth-order valence-corrected chi connectivity index (χ4v) is 1.42. The molecule has 0 unspecified atom stereocenters. The maximum Gasteiger partial charge on any atom is 0.0421 e. The molecule has 0 nitrogen and oxygen atoms in total. The summed E-state index contributed by atoms with van der Waals surface area (Å²) in [7, 11) is -0.712. The first-order valence-corrected chi connectivity index (χ1v) is 5.03. The topological polar surface area (TPSA) is 0 Å². The maximum absolute atomic E-state index is 5.72. The SMILES string of the molecule is [CH]=[Si](C)c1ccccc1. The van der Waals surface area contributed by atoms with E-state index in [9.17, 15) is 0 Å². The fraction of sp³-hybridized carbons (Fsp3) is 0.125. The molecule has 0 heterocycles. The van der Waals surface area contributed by atoms with Crippen molar-refractivity contribution in [2.75, 3.05) is 0 Å². The molecule has 0 bridgehead atoms. The number of benzene rings is 1. The van der Waals surface area contributed by atoms with Gasteiger partial charge < -0.3 is 0 Å². The van der Waals surface area contributed by atoms with E-state index in [0.29, 0.717) is 0 Å². The van der Waals surface area contributed by atoms with Gasteiger partial charge in [-0.3, -0.25) is 0 Å². The van der Waals surface area contributed by atoms with Crippen molar-refractivity contribution in [2.45, 2.75) is 6.55 Å². The quantitative estimate of drug-likeness (QED) is 0.499. The van der Waals surface area contributed by atoms with Crippen LogP contribution in [0.3, 0.4) is 0 Å². The minimum absolute atomic E-state index is 0.712. The van der Waals surface area contributed by atoms with Crippen molar-refractivity contribution in [3.63, 3.8) is 0 Å². The number of rotatable bonds is 1. The Labute approximate surface area is 57.4 Å². The van der Waals surface area contributed by atoms with Crippen LogP contribution in [0.4, 0.5) is 0 Å². The molecule has 1 heteroatoms. The lowest BCUT2D eigenvalue weighted by molar-refractivity contribution is 1.76. The molecule has 0 fully saturated rings. The van der Waals surface area contributed by atoms with Gasteiger partial charge in [0.15, 0.2) is 0 Å². The van der Waals surface area contributed by atoms with E-state index in [1.54, 1.807) is 0 Å². The van der Waals surface area contributed by atoms with Gasteiger partial charge in [0.25, 0.3) is 0 Å². The van der Waals surface area contributed by atoms with Gasteiger partial charge in [0.1, 0.15) is 0 Å².